The molecule has 2 fully saturated rings. The quantitative estimate of drug-likeness (QED) is 0.842. The van der Waals surface area contributed by atoms with Gasteiger partial charge in [-0.2, -0.15) is 0 Å². The van der Waals surface area contributed by atoms with Crippen LogP contribution in [0.25, 0.3) is 0 Å². The first kappa shape index (κ1) is 11.0. The number of carbonyl (C=O) groups excluding carboxylic acids is 1. The molecular formula is C12H16N2O2S. The van der Waals surface area contributed by atoms with Crippen molar-refractivity contribution in [1.82, 2.24) is 5.32 Å². The van der Waals surface area contributed by atoms with E-state index in [0.717, 1.165) is 24.1 Å². The van der Waals surface area contributed by atoms with Crippen LogP contribution in [-0.4, -0.2) is 24.2 Å². The van der Waals surface area contributed by atoms with Gasteiger partial charge in [0.25, 0.3) is 5.91 Å². The highest BCUT2D eigenvalue weighted by Gasteiger charge is 2.41. The van der Waals surface area contributed by atoms with Gasteiger partial charge in [-0.05, 0) is 32.3 Å². The van der Waals surface area contributed by atoms with Gasteiger partial charge in [-0.25, -0.2) is 0 Å². The number of nitrogen functional groups attached to an aromatic ring is 1. The molecule has 0 spiro atoms. The van der Waals surface area contributed by atoms with Gasteiger partial charge in [0.2, 0.25) is 0 Å². The molecule has 92 valence electrons. The lowest BCUT2D eigenvalue weighted by atomic mass is 9.95. The molecule has 2 saturated heterocycles. The van der Waals surface area contributed by atoms with Crippen LogP contribution < -0.4 is 11.1 Å². The topological polar surface area (TPSA) is 64.3 Å². The number of carbonyl (C=O) groups is 1. The molecule has 3 unspecified atom stereocenters. The molecule has 0 saturated carbocycles. The average Bonchev–Trinajstić information content (AvgIpc) is 2.95. The molecule has 2 aliphatic heterocycles. The van der Waals surface area contributed by atoms with Gasteiger partial charge in [-0.1, -0.05) is 0 Å². The highest BCUT2D eigenvalue weighted by molar-refractivity contribution is 7.14. The van der Waals surface area contributed by atoms with E-state index in [2.05, 4.69) is 5.32 Å². The SMILES string of the molecule is Cc1sc(C(=O)NC2CC3CCC2O3)cc1N. The van der Waals surface area contributed by atoms with Crippen LogP contribution in [0, 0.1) is 6.92 Å². The number of thiophene rings is 1. The second kappa shape index (κ2) is 3.99. The number of hydrogen-bond donors (Lipinski definition) is 2. The fourth-order valence-electron chi connectivity index (χ4n) is 2.64. The zero-order chi connectivity index (χ0) is 12.0. The fourth-order valence-corrected chi connectivity index (χ4v) is 3.48. The average molecular weight is 252 g/mol. The van der Waals surface area contributed by atoms with Gasteiger partial charge in [0.05, 0.1) is 23.1 Å². The standard InChI is InChI=1S/C12H16N2O2S/c1-6-8(13)5-11(17-6)12(15)14-9-4-7-2-3-10(9)16-7/h5,7,9-10H,2-4,13H2,1H3,(H,14,15). The maximum absolute atomic E-state index is 12.0. The van der Waals surface area contributed by atoms with Crippen molar-refractivity contribution in [3.63, 3.8) is 0 Å². The van der Waals surface area contributed by atoms with Crippen molar-refractivity contribution in [2.24, 2.45) is 0 Å². The molecule has 3 N–H and O–H groups in total. The van der Waals surface area contributed by atoms with E-state index in [1.165, 1.54) is 11.3 Å². The number of aryl methyl sites for hydroxylation is 1. The van der Waals surface area contributed by atoms with Crippen molar-refractivity contribution in [1.29, 1.82) is 0 Å². The third kappa shape index (κ3) is 1.93. The molecule has 1 amide bonds. The van der Waals surface area contributed by atoms with Crippen LogP contribution in [0.5, 0.6) is 0 Å². The third-order valence-electron chi connectivity index (χ3n) is 3.60. The van der Waals surface area contributed by atoms with Crippen LogP contribution in [0.3, 0.4) is 0 Å². The van der Waals surface area contributed by atoms with E-state index in [1.807, 2.05) is 6.92 Å². The third-order valence-corrected chi connectivity index (χ3v) is 4.67. The molecule has 17 heavy (non-hydrogen) atoms. The molecule has 3 atom stereocenters. The smallest absolute Gasteiger partial charge is 0.261 e. The summed E-state index contributed by atoms with van der Waals surface area (Å²) in [7, 11) is 0. The van der Waals surface area contributed by atoms with Crippen LogP contribution in [0.1, 0.15) is 33.8 Å². The number of amides is 1. The Balaban J connectivity index is 1.67. The summed E-state index contributed by atoms with van der Waals surface area (Å²) in [5.41, 5.74) is 6.45. The molecule has 0 aromatic carbocycles. The molecular weight excluding hydrogens is 236 g/mol. The van der Waals surface area contributed by atoms with Crippen molar-refractivity contribution in [3.8, 4) is 0 Å². The van der Waals surface area contributed by atoms with Crippen molar-refractivity contribution >= 4 is 22.9 Å². The number of anilines is 1. The summed E-state index contributed by atoms with van der Waals surface area (Å²) < 4.78 is 5.71. The van der Waals surface area contributed by atoms with Gasteiger partial charge >= 0.3 is 0 Å². The van der Waals surface area contributed by atoms with Crippen LogP contribution in [0.4, 0.5) is 5.69 Å². The minimum Gasteiger partial charge on any atom is -0.398 e. The summed E-state index contributed by atoms with van der Waals surface area (Å²) in [4.78, 5) is 13.7. The molecule has 0 radical (unpaired) electrons. The van der Waals surface area contributed by atoms with Crippen molar-refractivity contribution in [3.05, 3.63) is 15.8 Å². The Bertz CT molecular complexity index is 438. The van der Waals surface area contributed by atoms with Crippen molar-refractivity contribution in [2.45, 2.75) is 44.4 Å². The lowest BCUT2D eigenvalue weighted by Gasteiger charge is -2.19. The fraction of sp³-hybridized carbons (Fsp3) is 0.583. The number of nitrogens with two attached hydrogens (primary N) is 1. The Labute approximate surface area is 104 Å². The maximum atomic E-state index is 12.0. The second-order valence-corrected chi connectivity index (χ2v) is 6.07. The molecule has 1 aromatic heterocycles. The van der Waals surface area contributed by atoms with E-state index in [9.17, 15) is 4.79 Å². The first-order valence-corrected chi connectivity index (χ1v) is 6.77. The Morgan fingerprint density at radius 3 is 2.94 bits per heavy atom. The van der Waals surface area contributed by atoms with Gasteiger partial charge in [0.1, 0.15) is 0 Å². The van der Waals surface area contributed by atoms with E-state index in [-0.39, 0.29) is 18.1 Å². The number of nitrogens with one attached hydrogen (secondary N) is 1. The maximum Gasteiger partial charge on any atom is 0.261 e. The van der Waals surface area contributed by atoms with Crippen LogP contribution >= 0.6 is 11.3 Å². The molecule has 2 bridgehead atoms. The van der Waals surface area contributed by atoms with Crippen LogP contribution in [0.2, 0.25) is 0 Å². The van der Waals surface area contributed by atoms with Crippen molar-refractivity contribution < 1.29 is 9.53 Å². The predicted molar refractivity (Wildman–Crippen MR) is 67.2 cm³/mol. The minimum atomic E-state index is -0.0176. The van der Waals surface area contributed by atoms with Gasteiger partial charge in [0.15, 0.2) is 0 Å². The number of rotatable bonds is 2. The highest BCUT2D eigenvalue weighted by Crippen LogP contribution is 2.34. The van der Waals surface area contributed by atoms with E-state index in [4.69, 9.17) is 10.5 Å². The lowest BCUT2D eigenvalue weighted by molar-refractivity contribution is 0.0843. The van der Waals surface area contributed by atoms with Crippen LogP contribution in [-0.2, 0) is 4.74 Å². The minimum absolute atomic E-state index is 0.0176. The highest BCUT2D eigenvalue weighted by atomic mass is 32.1. The van der Waals surface area contributed by atoms with Gasteiger partial charge < -0.3 is 15.8 Å². The zero-order valence-electron chi connectivity index (χ0n) is 9.73. The Hall–Kier alpha value is -1.07. The number of fused-ring (bicyclic) bond motifs is 2. The summed E-state index contributed by atoms with van der Waals surface area (Å²) in [6.07, 6.45) is 3.75. The molecule has 0 aliphatic carbocycles. The van der Waals surface area contributed by atoms with Gasteiger partial charge in [-0.15, -0.1) is 11.3 Å². The molecule has 3 rings (SSSR count). The first-order valence-electron chi connectivity index (χ1n) is 5.95. The second-order valence-electron chi connectivity index (χ2n) is 4.81. The first-order chi connectivity index (χ1) is 8.13. The van der Waals surface area contributed by atoms with Gasteiger partial charge in [0, 0.05) is 10.6 Å². The van der Waals surface area contributed by atoms with E-state index >= 15 is 0 Å². The molecule has 4 nitrogen and oxygen atoms in total. The van der Waals surface area contributed by atoms with Crippen LogP contribution in [0.15, 0.2) is 6.07 Å². The Morgan fingerprint density at radius 2 is 2.41 bits per heavy atom. The monoisotopic (exact) mass is 252 g/mol. The summed E-state index contributed by atoms with van der Waals surface area (Å²) in [6.45, 7) is 1.93. The zero-order valence-corrected chi connectivity index (χ0v) is 10.5. The Kier molecular flexibility index (Phi) is 2.60. The van der Waals surface area contributed by atoms with Crippen molar-refractivity contribution in [2.75, 3.05) is 5.73 Å². The number of ether oxygens (including phenoxy) is 1. The molecule has 2 aliphatic rings. The molecule has 5 heteroatoms. The van der Waals surface area contributed by atoms with E-state index < -0.39 is 0 Å². The Morgan fingerprint density at radius 1 is 1.59 bits per heavy atom. The predicted octanol–water partition coefficient (Wildman–Crippen LogP) is 1.69. The lowest BCUT2D eigenvalue weighted by Crippen LogP contribution is -2.41. The summed E-state index contributed by atoms with van der Waals surface area (Å²) in [5, 5.41) is 3.06. The molecule has 3 heterocycles. The van der Waals surface area contributed by atoms with E-state index in [0.29, 0.717) is 16.7 Å². The van der Waals surface area contributed by atoms with Gasteiger partial charge in [-0.3, -0.25) is 4.79 Å². The summed E-state index contributed by atoms with van der Waals surface area (Å²) >= 11 is 1.45. The summed E-state index contributed by atoms with van der Waals surface area (Å²) in [6, 6.07) is 1.94. The largest absolute Gasteiger partial charge is 0.398 e. The number of hydrogen-bond acceptors (Lipinski definition) is 4. The van der Waals surface area contributed by atoms with E-state index in [1.54, 1.807) is 6.07 Å². The normalized spacial score (nSPS) is 30.8. The molecule has 1 aromatic rings. The summed E-state index contributed by atoms with van der Waals surface area (Å²) in [5.74, 6) is -0.0176.